The van der Waals surface area contributed by atoms with Crippen LogP contribution in [0.25, 0.3) is 0 Å². The average molecular weight is 277 g/mol. The fourth-order valence-corrected chi connectivity index (χ4v) is 2.13. The van der Waals surface area contributed by atoms with Crippen molar-refractivity contribution in [1.82, 2.24) is 4.57 Å². The number of nitrogens with two attached hydrogens (primary N) is 1. The Balaban J connectivity index is 2.29. The Hall–Kier alpha value is -2.21. The zero-order valence-electron chi connectivity index (χ0n) is 11.1. The summed E-state index contributed by atoms with van der Waals surface area (Å²) in [7, 11) is 0. The lowest BCUT2D eigenvalue weighted by molar-refractivity contribution is -0.387. The van der Waals surface area contributed by atoms with Crippen LogP contribution in [-0.4, -0.2) is 15.5 Å². The predicted molar refractivity (Wildman–Crippen MR) is 73.9 cm³/mol. The summed E-state index contributed by atoms with van der Waals surface area (Å²) >= 11 is 0. The normalized spacial score (nSPS) is 12.3. The van der Waals surface area contributed by atoms with Gasteiger partial charge in [0.15, 0.2) is 0 Å². The Morgan fingerprint density at radius 3 is 2.80 bits per heavy atom. The fraction of sp³-hybridized carbons (Fsp3) is 0.286. The zero-order valence-corrected chi connectivity index (χ0v) is 11.1. The van der Waals surface area contributed by atoms with E-state index in [9.17, 15) is 14.5 Å². The van der Waals surface area contributed by atoms with Crippen LogP contribution in [0.15, 0.2) is 36.5 Å². The van der Waals surface area contributed by atoms with Gasteiger partial charge >= 0.3 is 5.69 Å². The van der Waals surface area contributed by atoms with Crippen LogP contribution in [0.3, 0.4) is 0 Å². The summed E-state index contributed by atoms with van der Waals surface area (Å²) in [6.07, 6.45) is 2.49. The molecule has 1 atom stereocenters. The van der Waals surface area contributed by atoms with Crippen molar-refractivity contribution >= 4 is 5.69 Å². The Morgan fingerprint density at radius 1 is 1.40 bits per heavy atom. The van der Waals surface area contributed by atoms with Gasteiger partial charge in [-0.3, -0.25) is 10.1 Å². The quantitative estimate of drug-likeness (QED) is 0.674. The molecule has 2 aromatic rings. The van der Waals surface area contributed by atoms with Gasteiger partial charge in [-0.2, -0.15) is 4.39 Å². The van der Waals surface area contributed by atoms with Crippen molar-refractivity contribution in [3.8, 4) is 0 Å². The molecule has 0 saturated heterocycles. The highest BCUT2D eigenvalue weighted by Gasteiger charge is 2.17. The molecule has 5 nitrogen and oxygen atoms in total. The molecule has 0 aliphatic carbocycles. The van der Waals surface area contributed by atoms with Crippen LogP contribution >= 0.6 is 0 Å². The van der Waals surface area contributed by atoms with Gasteiger partial charge in [-0.25, -0.2) is 0 Å². The van der Waals surface area contributed by atoms with Gasteiger partial charge in [-0.05, 0) is 19.1 Å². The maximum atomic E-state index is 14.0. The zero-order chi connectivity index (χ0) is 14.7. The van der Waals surface area contributed by atoms with Crippen molar-refractivity contribution in [3.63, 3.8) is 0 Å². The van der Waals surface area contributed by atoms with Crippen molar-refractivity contribution < 1.29 is 9.31 Å². The lowest BCUT2D eigenvalue weighted by Gasteiger charge is -2.11. The SMILES string of the molecule is CC(N)Cc1cccn1Cc1cccc([N+](=O)[O-])c1F. The highest BCUT2D eigenvalue weighted by Crippen LogP contribution is 2.21. The number of nitro groups is 1. The van der Waals surface area contributed by atoms with Crippen LogP contribution < -0.4 is 5.73 Å². The smallest absolute Gasteiger partial charge is 0.305 e. The summed E-state index contributed by atoms with van der Waals surface area (Å²) in [5.41, 5.74) is 6.54. The number of benzene rings is 1. The molecule has 1 aromatic heterocycles. The molecule has 0 radical (unpaired) electrons. The first kappa shape index (κ1) is 14.2. The Morgan fingerprint density at radius 2 is 2.15 bits per heavy atom. The van der Waals surface area contributed by atoms with Gasteiger partial charge in [0, 0.05) is 36.0 Å². The van der Waals surface area contributed by atoms with Gasteiger partial charge < -0.3 is 10.3 Å². The molecule has 2 rings (SSSR count). The average Bonchev–Trinajstić information content (AvgIpc) is 2.78. The summed E-state index contributed by atoms with van der Waals surface area (Å²) < 4.78 is 15.9. The lowest BCUT2D eigenvalue weighted by Crippen LogP contribution is -2.20. The molecule has 106 valence electrons. The number of rotatable bonds is 5. The van der Waals surface area contributed by atoms with E-state index in [4.69, 9.17) is 5.73 Å². The maximum Gasteiger partial charge on any atom is 0.305 e. The van der Waals surface area contributed by atoms with E-state index >= 15 is 0 Å². The number of halogens is 1. The van der Waals surface area contributed by atoms with Crippen LogP contribution in [0.4, 0.5) is 10.1 Å². The van der Waals surface area contributed by atoms with Crippen LogP contribution in [0.2, 0.25) is 0 Å². The highest BCUT2D eigenvalue weighted by atomic mass is 19.1. The van der Waals surface area contributed by atoms with Gasteiger partial charge in [0.1, 0.15) is 0 Å². The molecule has 2 N–H and O–H groups in total. The lowest BCUT2D eigenvalue weighted by atomic mass is 10.1. The Kier molecular flexibility index (Phi) is 4.14. The number of aromatic nitrogens is 1. The van der Waals surface area contributed by atoms with Gasteiger partial charge in [0.2, 0.25) is 5.82 Å². The third kappa shape index (κ3) is 3.03. The summed E-state index contributed by atoms with van der Waals surface area (Å²) in [6, 6.07) is 7.98. The Labute approximate surface area is 116 Å². The number of hydrogen-bond acceptors (Lipinski definition) is 3. The minimum atomic E-state index is -0.780. The second-order valence-electron chi connectivity index (χ2n) is 4.82. The van der Waals surface area contributed by atoms with Crippen LogP contribution in [0.1, 0.15) is 18.2 Å². The largest absolute Gasteiger partial charge is 0.347 e. The molecule has 6 heteroatoms. The molecule has 20 heavy (non-hydrogen) atoms. The first-order chi connectivity index (χ1) is 9.49. The summed E-state index contributed by atoms with van der Waals surface area (Å²) in [4.78, 5) is 10.0. The molecular weight excluding hydrogens is 261 g/mol. The van der Waals surface area contributed by atoms with E-state index in [1.165, 1.54) is 6.07 Å². The van der Waals surface area contributed by atoms with Crippen LogP contribution in [0.5, 0.6) is 0 Å². The third-order valence-corrected chi connectivity index (χ3v) is 3.05. The summed E-state index contributed by atoms with van der Waals surface area (Å²) in [6.45, 7) is 2.15. The summed E-state index contributed by atoms with van der Waals surface area (Å²) in [5.74, 6) is -0.780. The monoisotopic (exact) mass is 277 g/mol. The van der Waals surface area contributed by atoms with Crippen molar-refractivity contribution in [3.05, 3.63) is 63.7 Å². The third-order valence-electron chi connectivity index (χ3n) is 3.05. The number of nitro benzene ring substituents is 1. The van der Waals surface area contributed by atoms with E-state index in [0.717, 1.165) is 11.8 Å². The van der Waals surface area contributed by atoms with Gasteiger partial charge in [0.25, 0.3) is 0 Å². The number of nitrogens with zero attached hydrogens (tertiary/aromatic N) is 2. The second kappa shape index (κ2) is 5.83. The van der Waals surface area contributed by atoms with Gasteiger partial charge in [-0.15, -0.1) is 0 Å². The first-order valence-electron chi connectivity index (χ1n) is 6.30. The molecular formula is C14H16FN3O2. The van der Waals surface area contributed by atoms with Crippen molar-refractivity contribution in [2.45, 2.75) is 25.9 Å². The van der Waals surface area contributed by atoms with Gasteiger partial charge in [-0.1, -0.05) is 12.1 Å². The summed E-state index contributed by atoms with van der Waals surface area (Å²) in [5, 5.41) is 10.7. The second-order valence-corrected chi connectivity index (χ2v) is 4.82. The van der Waals surface area contributed by atoms with Crippen molar-refractivity contribution in [2.24, 2.45) is 5.73 Å². The maximum absolute atomic E-state index is 14.0. The van der Waals surface area contributed by atoms with Crippen molar-refractivity contribution in [2.75, 3.05) is 0 Å². The first-order valence-corrected chi connectivity index (χ1v) is 6.30. The number of hydrogen-bond donors (Lipinski definition) is 1. The standard InChI is InChI=1S/C14H16FN3O2/c1-10(16)8-12-5-3-7-17(12)9-11-4-2-6-13(14(11)15)18(19)20/h2-7,10H,8-9,16H2,1H3. The topological polar surface area (TPSA) is 74.1 Å². The molecule has 1 unspecified atom stereocenters. The van der Waals surface area contributed by atoms with E-state index in [1.807, 2.05) is 29.8 Å². The Bertz CT molecular complexity index is 623. The molecule has 0 bridgehead atoms. The van der Waals surface area contributed by atoms with Crippen molar-refractivity contribution in [1.29, 1.82) is 0 Å². The fourth-order valence-electron chi connectivity index (χ4n) is 2.13. The molecule has 0 aliphatic rings. The molecule has 0 saturated carbocycles. The van der Waals surface area contributed by atoms with E-state index in [1.54, 1.807) is 6.07 Å². The molecule has 0 spiro atoms. The van der Waals surface area contributed by atoms with Gasteiger partial charge in [0.05, 0.1) is 11.5 Å². The molecule has 1 aromatic carbocycles. The highest BCUT2D eigenvalue weighted by molar-refractivity contribution is 5.37. The molecule has 0 fully saturated rings. The molecule has 0 amide bonds. The van der Waals surface area contributed by atoms with E-state index < -0.39 is 16.4 Å². The molecule has 0 aliphatic heterocycles. The van der Waals surface area contributed by atoms with E-state index in [-0.39, 0.29) is 12.6 Å². The van der Waals surface area contributed by atoms with Crippen LogP contribution in [-0.2, 0) is 13.0 Å². The van der Waals surface area contributed by atoms with E-state index in [0.29, 0.717) is 12.0 Å². The predicted octanol–water partition coefficient (Wildman–Crippen LogP) is 2.47. The minimum Gasteiger partial charge on any atom is -0.347 e. The van der Waals surface area contributed by atoms with E-state index in [2.05, 4.69) is 0 Å². The van der Waals surface area contributed by atoms with Crippen LogP contribution in [0, 0.1) is 15.9 Å². The molecule has 1 heterocycles. The minimum absolute atomic E-state index is 0.00129.